The number of benzene rings is 1. The van der Waals surface area contributed by atoms with Crippen LogP contribution in [0, 0.1) is 20.8 Å². The molecule has 0 aliphatic carbocycles. The third kappa shape index (κ3) is 3.91. The van der Waals surface area contributed by atoms with Crippen molar-refractivity contribution in [2.75, 3.05) is 18.9 Å². The van der Waals surface area contributed by atoms with Crippen molar-refractivity contribution in [3.05, 3.63) is 40.7 Å². The Labute approximate surface area is 148 Å². The number of para-hydroxylation sites is 1. The zero-order valence-electron chi connectivity index (χ0n) is 15.2. The number of nitrogens with one attached hydrogen (secondary N) is 2. The second-order valence-electron chi connectivity index (χ2n) is 6.03. The molecule has 7 nitrogen and oxygen atoms in total. The molecule has 0 atom stereocenters. The van der Waals surface area contributed by atoms with Crippen molar-refractivity contribution in [2.45, 2.75) is 39.0 Å². The predicted octanol–water partition coefficient (Wildman–Crippen LogP) is 2.16. The highest BCUT2D eigenvalue weighted by Gasteiger charge is 2.28. The number of H-pyrrole nitrogens is 1. The Morgan fingerprint density at radius 3 is 2.52 bits per heavy atom. The number of rotatable bonds is 6. The number of anilines is 1. The molecule has 0 saturated carbocycles. The molecule has 1 aromatic carbocycles. The summed E-state index contributed by atoms with van der Waals surface area (Å²) in [4.78, 5) is 12.5. The minimum atomic E-state index is -3.79. The number of carbonyl (C=O) groups excluding carboxylic acids is 1. The molecule has 0 unspecified atom stereocenters. The quantitative estimate of drug-likeness (QED) is 0.821. The minimum Gasteiger partial charge on any atom is -0.324 e. The molecule has 8 heteroatoms. The van der Waals surface area contributed by atoms with Crippen LogP contribution < -0.4 is 5.32 Å². The zero-order valence-corrected chi connectivity index (χ0v) is 16.0. The van der Waals surface area contributed by atoms with Gasteiger partial charge >= 0.3 is 0 Å². The molecule has 25 heavy (non-hydrogen) atoms. The molecule has 0 bridgehead atoms. The van der Waals surface area contributed by atoms with E-state index in [1.54, 1.807) is 13.8 Å². The van der Waals surface area contributed by atoms with Crippen LogP contribution in [0.3, 0.4) is 0 Å². The van der Waals surface area contributed by atoms with Crippen LogP contribution in [0.5, 0.6) is 0 Å². The number of carbonyl (C=O) groups is 1. The molecule has 1 amide bonds. The maximum absolute atomic E-state index is 12.7. The fourth-order valence-electron chi connectivity index (χ4n) is 2.74. The first-order chi connectivity index (χ1) is 11.7. The van der Waals surface area contributed by atoms with Crippen LogP contribution in [0.2, 0.25) is 0 Å². The van der Waals surface area contributed by atoms with Gasteiger partial charge in [0.1, 0.15) is 4.90 Å². The second kappa shape index (κ2) is 7.37. The number of likely N-dealkylation sites (N-methyl/N-ethyl adjacent to an activating group) is 1. The first-order valence-electron chi connectivity index (χ1n) is 8.04. The summed E-state index contributed by atoms with van der Waals surface area (Å²) in [6, 6.07) is 5.79. The Hall–Kier alpha value is -2.19. The average Bonchev–Trinajstić information content (AvgIpc) is 2.88. The van der Waals surface area contributed by atoms with E-state index in [0.29, 0.717) is 11.4 Å². The van der Waals surface area contributed by atoms with Crippen molar-refractivity contribution < 1.29 is 13.2 Å². The second-order valence-corrected chi connectivity index (χ2v) is 8.02. The van der Waals surface area contributed by atoms with Gasteiger partial charge in [0.05, 0.1) is 17.9 Å². The molecule has 1 heterocycles. The molecule has 2 aromatic rings. The van der Waals surface area contributed by atoms with E-state index in [-0.39, 0.29) is 17.3 Å². The van der Waals surface area contributed by atoms with E-state index < -0.39 is 10.0 Å². The summed E-state index contributed by atoms with van der Waals surface area (Å²) in [5, 5.41) is 9.41. The van der Waals surface area contributed by atoms with E-state index in [1.807, 2.05) is 32.0 Å². The predicted molar refractivity (Wildman–Crippen MR) is 97.1 cm³/mol. The van der Waals surface area contributed by atoms with Gasteiger partial charge in [-0.15, -0.1) is 0 Å². The Morgan fingerprint density at radius 1 is 1.28 bits per heavy atom. The highest BCUT2D eigenvalue weighted by molar-refractivity contribution is 7.89. The molecular formula is C17H24N4O3S. The monoisotopic (exact) mass is 364 g/mol. The number of amides is 1. The Balaban J connectivity index is 2.19. The van der Waals surface area contributed by atoms with Crippen LogP contribution in [-0.2, 0) is 21.2 Å². The third-order valence-electron chi connectivity index (χ3n) is 4.10. The number of aromatic nitrogens is 2. The van der Waals surface area contributed by atoms with Gasteiger partial charge in [0, 0.05) is 12.7 Å². The van der Waals surface area contributed by atoms with Crippen LogP contribution >= 0.6 is 0 Å². The fraction of sp³-hybridized carbons (Fsp3) is 0.412. The number of sulfonamides is 1. The van der Waals surface area contributed by atoms with Crippen LogP contribution in [0.25, 0.3) is 0 Å². The summed E-state index contributed by atoms with van der Waals surface area (Å²) in [7, 11) is -2.40. The maximum atomic E-state index is 12.7. The highest BCUT2D eigenvalue weighted by Crippen LogP contribution is 2.22. The fourth-order valence-corrected chi connectivity index (χ4v) is 4.20. The molecule has 0 saturated heterocycles. The van der Waals surface area contributed by atoms with Gasteiger partial charge in [0.15, 0.2) is 0 Å². The van der Waals surface area contributed by atoms with Gasteiger partial charge in [-0.25, -0.2) is 8.42 Å². The minimum absolute atomic E-state index is 0.118. The van der Waals surface area contributed by atoms with Crippen molar-refractivity contribution in [1.82, 2.24) is 14.5 Å². The first kappa shape index (κ1) is 19.1. The molecule has 0 radical (unpaired) electrons. The standard InChI is InChI=1S/C17H24N4O3S/c1-6-14-9-7-8-11(2)16(14)18-15(22)10-21(5)25(23,24)17-12(3)19-20-13(17)4/h7-9H,6,10H2,1-5H3,(H,18,22)(H,19,20). The molecule has 2 N–H and O–H groups in total. The topological polar surface area (TPSA) is 95.2 Å². The van der Waals surface area contributed by atoms with E-state index in [4.69, 9.17) is 0 Å². The maximum Gasteiger partial charge on any atom is 0.246 e. The van der Waals surface area contributed by atoms with Crippen LogP contribution in [0.4, 0.5) is 5.69 Å². The molecular weight excluding hydrogens is 340 g/mol. The van der Waals surface area contributed by atoms with Gasteiger partial charge < -0.3 is 5.32 Å². The van der Waals surface area contributed by atoms with E-state index in [9.17, 15) is 13.2 Å². The van der Waals surface area contributed by atoms with Crippen molar-refractivity contribution in [1.29, 1.82) is 0 Å². The SMILES string of the molecule is CCc1cccc(C)c1NC(=O)CN(C)S(=O)(=O)c1c(C)n[nH]c1C. The van der Waals surface area contributed by atoms with E-state index in [0.717, 1.165) is 27.5 Å². The van der Waals surface area contributed by atoms with Gasteiger partial charge in [0.2, 0.25) is 15.9 Å². The highest BCUT2D eigenvalue weighted by atomic mass is 32.2. The van der Waals surface area contributed by atoms with Crippen molar-refractivity contribution in [2.24, 2.45) is 0 Å². The summed E-state index contributed by atoms with van der Waals surface area (Å²) in [6.07, 6.45) is 0.777. The largest absolute Gasteiger partial charge is 0.324 e. The number of hydrogen-bond donors (Lipinski definition) is 2. The van der Waals surface area contributed by atoms with E-state index in [2.05, 4.69) is 15.5 Å². The number of nitrogens with zero attached hydrogens (tertiary/aromatic N) is 2. The Kier molecular flexibility index (Phi) is 5.64. The number of hydrogen-bond acceptors (Lipinski definition) is 4. The van der Waals surface area contributed by atoms with E-state index in [1.165, 1.54) is 7.05 Å². The lowest BCUT2D eigenvalue weighted by molar-refractivity contribution is -0.116. The lowest BCUT2D eigenvalue weighted by Crippen LogP contribution is -2.35. The van der Waals surface area contributed by atoms with Crippen molar-refractivity contribution in [3.8, 4) is 0 Å². The smallest absolute Gasteiger partial charge is 0.246 e. The number of aromatic amines is 1. The Morgan fingerprint density at radius 2 is 1.96 bits per heavy atom. The lowest BCUT2D eigenvalue weighted by Gasteiger charge is -2.18. The molecule has 0 aliphatic rings. The molecule has 0 fully saturated rings. The van der Waals surface area contributed by atoms with Gasteiger partial charge in [-0.05, 0) is 38.3 Å². The number of aryl methyl sites for hydroxylation is 4. The van der Waals surface area contributed by atoms with Crippen LogP contribution in [0.15, 0.2) is 23.1 Å². The molecule has 0 spiro atoms. The van der Waals surface area contributed by atoms with Crippen LogP contribution in [0.1, 0.15) is 29.4 Å². The Bertz CT molecular complexity index is 868. The van der Waals surface area contributed by atoms with Gasteiger partial charge in [-0.2, -0.15) is 9.40 Å². The van der Waals surface area contributed by atoms with Crippen LogP contribution in [-0.4, -0.2) is 42.4 Å². The summed E-state index contributed by atoms with van der Waals surface area (Å²) in [5.41, 5.74) is 3.55. The molecule has 1 aromatic heterocycles. The van der Waals surface area contributed by atoms with Crippen molar-refractivity contribution >= 4 is 21.6 Å². The van der Waals surface area contributed by atoms with Crippen molar-refractivity contribution in [3.63, 3.8) is 0 Å². The lowest BCUT2D eigenvalue weighted by atomic mass is 10.1. The average molecular weight is 364 g/mol. The summed E-state index contributed by atoms with van der Waals surface area (Å²) in [6.45, 7) is 6.90. The summed E-state index contributed by atoms with van der Waals surface area (Å²) >= 11 is 0. The van der Waals surface area contributed by atoms with Gasteiger partial charge in [0.25, 0.3) is 0 Å². The zero-order chi connectivity index (χ0) is 18.8. The van der Waals surface area contributed by atoms with Gasteiger partial charge in [-0.1, -0.05) is 25.1 Å². The summed E-state index contributed by atoms with van der Waals surface area (Å²) in [5.74, 6) is -0.381. The van der Waals surface area contributed by atoms with E-state index >= 15 is 0 Å². The third-order valence-corrected chi connectivity index (χ3v) is 6.17. The summed E-state index contributed by atoms with van der Waals surface area (Å²) < 4.78 is 26.4. The first-order valence-corrected chi connectivity index (χ1v) is 9.48. The molecule has 2 rings (SSSR count). The van der Waals surface area contributed by atoms with Gasteiger partial charge in [-0.3, -0.25) is 9.89 Å². The normalized spacial score (nSPS) is 11.8. The molecule has 0 aliphatic heterocycles. The molecule has 136 valence electrons.